The van der Waals surface area contributed by atoms with Gasteiger partial charge in [-0.1, -0.05) is 78.3 Å². The van der Waals surface area contributed by atoms with Gasteiger partial charge in [-0.2, -0.15) is 18.5 Å². The topological polar surface area (TPSA) is 76.0 Å². The average molecular weight is 515 g/mol. The molecule has 4 aromatic rings. The van der Waals surface area contributed by atoms with Crippen molar-refractivity contribution in [1.29, 1.82) is 0 Å². The highest BCUT2D eigenvalue weighted by Crippen LogP contribution is 2.31. The second-order valence-corrected chi connectivity index (χ2v) is 9.84. The molecule has 6 nitrogen and oxygen atoms in total. The van der Waals surface area contributed by atoms with Gasteiger partial charge in [0, 0.05) is 16.1 Å². The van der Waals surface area contributed by atoms with Crippen molar-refractivity contribution in [2.75, 3.05) is 5.01 Å². The third-order valence-corrected chi connectivity index (χ3v) is 6.95. The van der Waals surface area contributed by atoms with E-state index in [1.807, 2.05) is 48.5 Å². The fourth-order valence-corrected chi connectivity index (χ4v) is 4.78. The minimum absolute atomic E-state index is 0.0342. The molecule has 0 radical (unpaired) electrons. The number of carbonyl (C=O) groups is 1. The van der Waals surface area contributed by atoms with Crippen molar-refractivity contribution in [2.45, 2.75) is 4.90 Å². The van der Waals surface area contributed by atoms with Gasteiger partial charge in [-0.05, 0) is 48.5 Å². The molecule has 0 saturated heterocycles. The maximum Gasteiger partial charge on any atom is 0.339 e. The summed E-state index contributed by atoms with van der Waals surface area (Å²) in [4.78, 5) is 13.5. The van der Waals surface area contributed by atoms with E-state index >= 15 is 0 Å². The number of hydrogen-bond donors (Lipinski definition) is 0. The highest BCUT2D eigenvalue weighted by atomic mass is 35.5. The van der Waals surface area contributed by atoms with Crippen LogP contribution < -0.4 is 9.19 Å². The molecule has 1 heterocycles. The number of benzene rings is 4. The van der Waals surface area contributed by atoms with E-state index < -0.39 is 10.1 Å². The van der Waals surface area contributed by atoms with E-state index in [2.05, 4.69) is 5.10 Å². The van der Waals surface area contributed by atoms with Crippen LogP contribution in [0.25, 0.3) is 6.08 Å². The molecule has 8 heteroatoms. The number of hydrogen-bond acceptors (Lipinski definition) is 5. The highest BCUT2D eigenvalue weighted by molar-refractivity contribution is 7.87. The van der Waals surface area contributed by atoms with E-state index in [1.54, 1.807) is 36.4 Å². The van der Waals surface area contributed by atoms with Crippen LogP contribution in [0.2, 0.25) is 5.02 Å². The Hall–Kier alpha value is -4.20. The SMILES string of the molecule is O=C1/C(=C\c2ccccc2OS(=O)(=O)c2ccc(Cl)cc2)C(c2ccccc2)=NN1c1ccccc1. The molecular formula is C28H19ClN2O4S. The summed E-state index contributed by atoms with van der Waals surface area (Å²) in [6.07, 6.45) is 1.60. The van der Waals surface area contributed by atoms with Crippen LogP contribution in [0.15, 0.2) is 125 Å². The van der Waals surface area contributed by atoms with Gasteiger partial charge in [-0.3, -0.25) is 4.79 Å². The minimum atomic E-state index is -4.13. The first-order valence-corrected chi connectivity index (χ1v) is 12.8. The zero-order valence-corrected chi connectivity index (χ0v) is 20.4. The summed E-state index contributed by atoms with van der Waals surface area (Å²) < 4.78 is 31.3. The molecule has 5 rings (SSSR count). The number of anilines is 1. The minimum Gasteiger partial charge on any atom is -0.378 e. The van der Waals surface area contributed by atoms with Gasteiger partial charge in [0.2, 0.25) is 0 Å². The Bertz CT molecular complexity index is 1580. The molecule has 0 aromatic heterocycles. The molecule has 0 aliphatic carbocycles. The second kappa shape index (κ2) is 9.81. The summed E-state index contributed by atoms with van der Waals surface area (Å²) in [6.45, 7) is 0. The van der Waals surface area contributed by atoms with Gasteiger partial charge in [0.1, 0.15) is 16.4 Å². The first kappa shape index (κ1) is 23.5. The van der Waals surface area contributed by atoms with Crippen molar-refractivity contribution in [2.24, 2.45) is 5.10 Å². The lowest BCUT2D eigenvalue weighted by Gasteiger charge is -2.12. The fraction of sp³-hybridized carbons (Fsp3) is 0. The molecule has 0 unspecified atom stereocenters. The maximum absolute atomic E-state index is 13.5. The summed E-state index contributed by atoms with van der Waals surface area (Å²) in [5.74, 6) is -0.256. The maximum atomic E-state index is 13.5. The average Bonchev–Trinajstić information content (AvgIpc) is 3.22. The summed E-state index contributed by atoms with van der Waals surface area (Å²) in [5, 5.41) is 6.35. The zero-order valence-electron chi connectivity index (χ0n) is 18.8. The van der Waals surface area contributed by atoms with Crippen LogP contribution in [0.5, 0.6) is 5.75 Å². The summed E-state index contributed by atoms with van der Waals surface area (Å²) in [5.41, 5.74) is 2.57. The van der Waals surface area contributed by atoms with Crippen molar-refractivity contribution >= 4 is 45.1 Å². The van der Waals surface area contributed by atoms with Crippen molar-refractivity contribution < 1.29 is 17.4 Å². The van der Waals surface area contributed by atoms with E-state index in [1.165, 1.54) is 35.3 Å². The van der Waals surface area contributed by atoms with Gasteiger partial charge in [0.05, 0.1) is 11.3 Å². The van der Waals surface area contributed by atoms with E-state index in [0.717, 1.165) is 5.56 Å². The lowest BCUT2D eigenvalue weighted by Crippen LogP contribution is -2.21. The summed E-state index contributed by atoms with van der Waals surface area (Å²) in [6, 6.07) is 30.7. The van der Waals surface area contributed by atoms with Gasteiger partial charge < -0.3 is 4.18 Å². The Kier molecular flexibility index (Phi) is 6.41. The second-order valence-electron chi connectivity index (χ2n) is 7.85. The predicted octanol–water partition coefficient (Wildman–Crippen LogP) is 5.94. The van der Waals surface area contributed by atoms with Crippen LogP contribution in [0.4, 0.5) is 5.69 Å². The predicted molar refractivity (Wildman–Crippen MR) is 141 cm³/mol. The Labute approximate surface area is 213 Å². The standard InChI is InChI=1S/C28H19ClN2O4S/c29-22-15-17-24(18-16-22)36(33,34)35-26-14-8-7-11-21(26)19-25-27(20-9-3-1-4-10-20)30-31(28(25)32)23-12-5-2-6-13-23/h1-19H/b25-19-. The van der Waals surface area contributed by atoms with Crippen molar-refractivity contribution in [1.82, 2.24) is 0 Å². The smallest absolute Gasteiger partial charge is 0.339 e. The van der Waals surface area contributed by atoms with Crippen LogP contribution in [-0.4, -0.2) is 20.0 Å². The first-order chi connectivity index (χ1) is 17.4. The van der Waals surface area contributed by atoms with Gasteiger partial charge in [-0.25, -0.2) is 0 Å². The third kappa shape index (κ3) is 4.79. The molecule has 0 spiro atoms. The quantitative estimate of drug-likeness (QED) is 0.235. The van der Waals surface area contributed by atoms with Crippen molar-refractivity contribution in [3.8, 4) is 5.75 Å². The molecule has 0 fully saturated rings. The molecular weight excluding hydrogens is 496 g/mol. The number of amides is 1. The Morgan fingerprint density at radius 2 is 1.39 bits per heavy atom. The van der Waals surface area contributed by atoms with E-state index in [0.29, 0.717) is 27.6 Å². The van der Waals surface area contributed by atoms with Crippen LogP contribution in [-0.2, 0) is 14.9 Å². The first-order valence-electron chi connectivity index (χ1n) is 11.0. The monoisotopic (exact) mass is 514 g/mol. The molecule has 0 bridgehead atoms. The third-order valence-electron chi connectivity index (χ3n) is 5.45. The molecule has 1 aliphatic heterocycles. The fourth-order valence-electron chi connectivity index (χ4n) is 3.70. The number of para-hydroxylation sites is 2. The van der Waals surface area contributed by atoms with Crippen LogP contribution in [0.3, 0.4) is 0 Å². The Balaban J connectivity index is 1.57. The number of rotatable bonds is 6. The molecule has 1 aliphatic rings. The van der Waals surface area contributed by atoms with Crippen LogP contribution in [0.1, 0.15) is 11.1 Å². The lowest BCUT2D eigenvalue weighted by atomic mass is 10.00. The molecule has 178 valence electrons. The molecule has 1 amide bonds. The van der Waals surface area contributed by atoms with Crippen LogP contribution in [0, 0.1) is 0 Å². The highest BCUT2D eigenvalue weighted by Gasteiger charge is 2.32. The van der Waals surface area contributed by atoms with E-state index in [4.69, 9.17) is 15.8 Å². The van der Waals surface area contributed by atoms with Gasteiger partial charge in [0.25, 0.3) is 5.91 Å². The molecule has 0 saturated carbocycles. The molecule has 0 N–H and O–H groups in total. The largest absolute Gasteiger partial charge is 0.378 e. The lowest BCUT2D eigenvalue weighted by molar-refractivity contribution is -0.114. The molecule has 4 aromatic carbocycles. The van der Waals surface area contributed by atoms with Crippen molar-refractivity contribution in [3.63, 3.8) is 0 Å². The Morgan fingerprint density at radius 1 is 0.778 bits per heavy atom. The number of nitrogens with zero attached hydrogens (tertiary/aromatic N) is 2. The molecule has 0 atom stereocenters. The summed E-state index contributed by atoms with van der Waals surface area (Å²) >= 11 is 5.89. The number of carbonyl (C=O) groups excluding carboxylic acids is 1. The molecule has 36 heavy (non-hydrogen) atoms. The van der Waals surface area contributed by atoms with Gasteiger partial charge >= 0.3 is 10.1 Å². The van der Waals surface area contributed by atoms with Gasteiger partial charge in [-0.15, -0.1) is 0 Å². The zero-order chi connectivity index (χ0) is 25.1. The number of halogens is 1. The Morgan fingerprint density at radius 3 is 2.08 bits per heavy atom. The normalized spacial score (nSPS) is 14.7. The number of hydrazone groups is 1. The van der Waals surface area contributed by atoms with Gasteiger partial charge in [0.15, 0.2) is 0 Å². The van der Waals surface area contributed by atoms with Crippen LogP contribution >= 0.6 is 11.6 Å². The summed E-state index contributed by atoms with van der Waals surface area (Å²) in [7, 11) is -4.13. The van der Waals surface area contributed by atoms with E-state index in [-0.39, 0.29) is 16.6 Å². The van der Waals surface area contributed by atoms with E-state index in [9.17, 15) is 13.2 Å². The van der Waals surface area contributed by atoms with Crippen molar-refractivity contribution in [3.05, 3.63) is 131 Å².